The molecule has 0 N–H and O–H groups in total. The molecule has 0 fully saturated rings. The zero-order valence-corrected chi connectivity index (χ0v) is 44.2. The van der Waals surface area contributed by atoms with Gasteiger partial charge in [-0.3, -0.25) is 0 Å². The fourth-order valence-corrected chi connectivity index (χ4v) is 12.0. The highest BCUT2D eigenvalue weighted by atomic mass is 16.3. The van der Waals surface area contributed by atoms with Crippen LogP contribution in [0.5, 0.6) is 0 Å². The molecule has 0 unspecified atom stereocenters. The Hall–Kier alpha value is -11.4. The molecule has 0 aliphatic rings. The predicted octanol–water partition coefficient (Wildman–Crippen LogP) is 21.1. The molecule has 0 saturated heterocycles. The highest BCUT2D eigenvalue weighted by Gasteiger charge is 2.27. The first kappa shape index (κ1) is 47.7. The Labute approximate surface area is 473 Å². The topological polar surface area (TPSA) is 80.3 Å². The molecular formula is C76H46N4O2. The lowest BCUT2D eigenvalue weighted by Gasteiger charge is -2.29. The van der Waals surface area contributed by atoms with E-state index in [0.717, 1.165) is 111 Å². The van der Waals surface area contributed by atoms with E-state index in [4.69, 9.17) is 8.83 Å². The van der Waals surface area contributed by atoms with Crippen LogP contribution in [0.2, 0.25) is 0 Å². The Kier molecular flexibility index (Phi) is 11.5. The molecule has 82 heavy (non-hydrogen) atoms. The second kappa shape index (κ2) is 19.8. The van der Waals surface area contributed by atoms with Crippen molar-refractivity contribution in [2.45, 2.75) is 0 Å². The van der Waals surface area contributed by atoms with Gasteiger partial charge in [0.05, 0.1) is 16.9 Å². The fraction of sp³-hybridized carbons (Fsp3) is 0. The van der Waals surface area contributed by atoms with Crippen LogP contribution in [-0.2, 0) is 0 Å². The van der Waals surface area contributed by atoms with Crippen LogP contribution < -0.4 is 9.80 Å². The highest BCUT2D eigenvalue weighted by Crippen LogP contribution is 2.49. The van der Waals surface area contributed by atoms with Crippen molar-refractivity contribution in [2.75, 3.05) is 9.80 Å². The molecule has 0 amide bonds. The van der Waals surface area contributed by atoms with Gasteiger partial charge in [-0.15, -0.1) is 0 Å². The summed E-state index contributed by atoms with van der Waals surface area (Å²) in [4.78, 5) is 4.63. The van der Waals surface area contributed by atoms with Crippen molar-refractivity contribution < 1.29 is 8.83 Å². The van der Waals surface area contributed by atoms with E-state index in [1.54, 1.807) is 0 Å². The second-order valence-electron chi connectivity index (χ2n) is 20.6. The van der Waals surface area contributed by atoms with Crippen molar-refractivity contribution >= 4 is 99.5 Å². The van der Waals surface area contributed by atoms with Crippen LogP contribution in [0.25, 0.3) is 110 Å². The Morgan fingerprint density at radius 3 is 1.02 bits per heavy atom. The number of benzene rings is 13. The van der Waals surface area contributed by atoms with Gasteiger partial charge in [0.15, 0.2) is 11.2 Å². The van der Waals surface area contributed by atoms with E-state index in [1.165, 1.54) is 0 Å². The summed E-state index contributed by atoms with van der Waals surface area (Å²) in [7, 11) is 0. The highest BCUT2D eigenvalue weighted by molar-refractivity contribution is 6.24. The van der Waals surface area contributed by atoms with Crippen molar-refractivity contribution in [2.24, 2.45) is 0 Å². The maximum atomic E-state index is 11.3. The van der Waals surface area contributed by atoms with E-state index in [-0.39, 0.29) is 5.56 Å². The number of nitrogens with zero attached hydrogens (tertiary/aromatic N) is 4. The van der Waals surface area contributed by atoms with Crippen molar-refractivity contribution in [1.29, 1.82) is 10.5 Å². The minimum absolute atomic E-state index is 0.245. The van der Waals surface area contributed by atoms with E-state index in [1.807, 2.05) is 48.5 Å². The summed E-state index contributed by atoms with van der Waals surface area (Å²) < 4.78 is 13.5. The minimum Gasteiger partial charge on any atom is -0.454 e. The quantitative estimate of drug-likeness (QED) is 0.136. The van der Waals surface area contributed by atoms with Gasteiger partial charge in [-0.05, 0) is 140 Å². The van der Waals surface area contributed by atoms with Gasteiger partial charge in [0.25, 0.3) is 0 Å². The largest absolute Gasteiger partial charge is 0.454 e. The molecule has 6 nitrogen and oxygen atoms in total. The molecule has 0 bridgehead atoms. The zero-order valence-electron chi connectivity index (χ0n) is 44.2. The second-order valence-corrected chi connectivity index (χ2v) is 20.6. The van der Waals surface area contributed by atoms with Gasteiger partial charge in [-0.1, -0.05) is 194 Å². The van der Waals surface area contributed by atoms with Crippen LogP contribution in [-0.4, -0.2) is 0 Å². The van der Waals surface area contributed by atoms with Crippen molar-refractivity contribution in [1.82, 2.24) is 0 Å². The number of nitriles is 2. The van der Waals surface area contributed by atoms with Gasteiger partial charge in [0.2, 0.25) is 0 Å². The number of hydrogen-bond acceptors (Lipinski definition) is 6. The van der Waals surface area contributed by atoms with Gasteiger partial charge in [0, 0.05) is 55.4 Å². The monoisotopic (exact) mass is 1050 g/mol. The molecule has 6 heteroatoms. The van der Waals surface area contributed by atoms with Gasteiger partial charge >= 0.3 is 0 Å². The smallest absolute Gasteiger partial charge is 0.158 e. The Morgan fingerprint density at radius 2 is 0.646 bits per heavy atom. The number of para-hydroxylation sites is 2. The third-order valence-electron chi connectivity index (χ3n) is 15.8. The number of hydrogen-bond donors (Lipinski definition) is 0. The summed E-state index contributed by atoms with van der Waals surface area (Å²) in [6, 6.07) is 102. The SMILES string of the molecule is N#Cc1c2oc3cc4cc(N(c5ccccc5)c5cc(-c6ccccc6)ccc5-c5ccccc5)ccc4cc3c2c(C#N)c2c1oc1cc3cc(N(c4ccccc4)c4cc(-c5ccccc5)ccc4-c4ccccc4)ccc3cc12. The molecule has 0 saturated carbocycles. The lowest BCUT2D eigenvalue weighted by Crippen LogP contribution is -2.11. The molecule has 0 radical (unpaired) electrons. The molecule has 0 aliphatic heterocycles. The molecule has 2 aromatic heterocycles. The molecule has 0 aliphatic carbocycles. The molecular weight excluding hydrogens is 1000 g/mol. The third-order valence-corrected chi connectivity index (χ3v) is 15.8. The van der Waals surface area contributed by atoms with Gasteiger partial charge < -0.3 is 18.6 Å². The van der Waals surface area contributed by atoms with E-state index < -0.39 is 0 Å². The van der Waals surface area contributed by atoms with Gasteiger partial charge in [-0.2, -0.15) is 10.5 Å². The predicted molar refractivity (Wildman–Crippen MR) is 337 cm³/mol. The first-order valence-corrected chi connectivity index (χ1v) is 27.3. The maximum absolute atomic E-state index is 11.3. The van der Waals surface area contributed by atoms with E-state index in [2.05, 4.69) is 252 Å². The number of rotatable bonds is 10. The molecule has 0 atom stereocenters. The summed E-state index contributed by atoms with van der Waals surface area (Å²) in [5.41, 5.74) is 17.3. The summed E-state index contributed by atoms with van der Waals surface area (Å²) in [5, 5.41) is 28.8. The lowest BCUT2D eigenvalue weighted by molar-refractivity contribution is 0.654. The Morgan fingerprint density at radius 1 is 0.280 bits per heavy atom. The molecule has 0 spiro atoms. The van der Waals surface area contributed by atoms with Crippen LogP contribution in [0.1, 0.15) is 11.1 Å². The molecule has 15 aromatic rings. The standard InChI is InChI=1S/C76H46N4O2/c77-47-67-73-65-41-53-31-35-61(79(59-27-15-5-16-28-59)69-43-55(49-19-7-1-8-20-49)33-37-63(69)51-23-11-3-12-24-51)39-57(53)45-71(65)81-75(73)68(48-78)76-74(67)66-42-54-32-36-62(40-58(54)46-72(66)82-76)80(60-29-17-6-18-30-60)70-44-56(50-21-9-2-10-22-50)34-38-64(70)52-25-13-4-14-26-52/h1-46H. The summed E-state index contributed by atoms with van der Waals surface area (Å²) in [6.45, 7) is 0. The van der Waals surface area contributed by atoms with Crippen LogP contribution in [0.3, 0.4) is 0 Å². The van der Waals surface area contributed by atoms with Crippen LogP contribution in [0.15, 0.2) is 288 Å². The van der Waals surface area contributed by atoms with Crippen molar-refractivity contribution in [3.05, 3.63) is 290 Å². The molecule has 382 valence electrons. The van der Waals surface area contributed by atoms with E-state index in [9.17, 15) is 10.5 Å². The van der Waals surface area contributed by atoms with Crippen LogP contribution >= 0.6 is 0 Å². The van der Waals surface area contributed by atoms with E-state index in [0.29, 0.717) is 38.7 Å². The lowest BCUT2D eigenvalue weighted by atomic mass is 9.95. The van der Waals surface area contributed by atoms with Crippen LogP contribution in [0.4, 0.5) is 34.1 Å². The first-order valence-electron chi connectivity index (χ1n) is 27.3. The number of fused-ring (bicyclic) bond motifs is 8. The normalized spacial score (nSPS) is 11.4. The third kappa shape index (κ3) is 8.10. The van der Waals surface area contributed by atoms with Crippen molar-refractivity contribution in [3.8, 4) is 56.6 Å². The summed E-state index contributed by atoms with van der Waals surface area (Å²) >= 11 is 0. The minimum atomic E-state index is 0.245. The van der Waals surface area contributed by atoms with Gasteiger partial charge in [0.1, 0.15) is 28.9 Å². The zero-order chi connectivity index (χ0) is 54.7. The summed E-state index contributed by atoms with van der Waals surface area (Å²) in [5.74, 6) is 0. The maximum Gasteiger partial charge on any atom is 0.158 e. The average molecular weight is 1050 g/mol. The molecule has 15 rings (SSSR count). The summed E-state index contributed by atoms with van der Waals surface area (Å²) in [6.07, 6.45) is 0. The average Bonchev–Trinajstić information content (AvgIpc) is 3.28. The Bertz CT molecular complexity index is 4740. The number of furan rings is 2. The van der Waals surface area contributed by atoms with E-state index >= 15 is 0 Å². The molecule has 13 aromatic carbocycles. The first-order chi connectivity index (χ1) is 40.6. The fourth-order valence-electron chi connectivity index (χ4n) is 12.0. The molecule has 2 heterocycles. The Balaban J connectivity index is 0.875. The van der Waals surface area contributed by atoms with Gasteiger partial charge in [-0.25, -0.2) is 0 Å². The van der Waals surface area contributed by atoms with Crippen molar-refractivity contribution in [3.63, 3.8) is 0 Å². The number of anilines is 6. The van der Waals surface area contributed by atoms with Crippen LogP contribution in [0, 0.1) is 22.7 Å².